The van der Waals surface area contributed by atoms with E-state index in [0.29, 0.717) is 6.10 Å². The van der Waals surface area contributed by atoms with Crippen molar-refractivity contribution in [3.8, 4) is 0 Å². The minimum atomic E-state index is -1.75. The van der Waals surface area contributed by atoms with Gasteiger partial charge in [-0.1, -0.05) is 41.5 Å². The van der Waals surface area contributed by atoms with Crippen LogP contribution in [0.1, 0.15) is 61.3 Å². The fourth-order valence-corrected chi connectivity index (χ4v) is 5.48. The van der Waals surface area contributed by atoms with Gasteiger partial charge in [-0.15, -0.1) is 0 Å². The molecule has 0 aromatic carbocycles. The normalized spacial score (nSPS) is 29.6. The smallest absolute Gasteiger partial charge is 0.192 e. The summed E-state index contributed by atoms with van der Waals surface area (Å²) < 4.78 is 19.2. The van der Waals surface area contributed by atoms with Crippen LogP contribution in [-0.4, -0.2) is 41.6 Å². The Bertz CT molecular complexity index is 472. The lowest BCUT2D eigenvalue weighted by molar-refractivity contribution is 0.0277. The van der Waals surface area contributed by atoms with Gasteiger partial charge in [0, 0.05) is 18.6 Å². The highest BCUT2D eigenvalue weighted by molar-refractivity contribution is 6.74. The molecule has 2 atom stereocenters. The largest absolute Gasteiger partial charge is 0.416 e. The van der Waals surface area contributed by atoms with Gasteiger partial charge in [-0.3, -0.25) is 0 Å². The molecule has 0 aromatic heterocycles. The fraction of sp³-hybridized carbons (Fsp3) is 1.00. The third-order valence-corrected chi connectivity index (χ3v) is 16.4. The van der Waals surface area contributed by atoms with Gasteiger partial charge >= 0.3 is 0 Å². The zero-order valence-corrected chi connectivity index (χ0v) is 20.6. The molecule has 0 radical (unpaired) electrons. The maximum absolute atomic E-state index is 6.66. The first-order chi connectivity index (χ1) is 10.9. The molecular weight excluding hydrogens is 344 g/mol. The molecule has 0 N–H and O–H groups in total. The summed E-state index contributed by atoms with van der Waals surface area (Å²) in [4.78, 5) is 0. The summed E-state index contributed by atoms with van der Waals surface area (Å²) in [6.07, 6.45) is 2.58. The van der Waals surface area contributed by atoms with E-state index in [4.69, 9.17) is 13.6 Å². The summed E-state index contributed by atoms with van der Waals surface area (Å²) in [5.41, 5.74) is 0.205. The van der Waals surface area contributed by atoms with Gasteiger partial charge in [0.25, 0.3) is 0 Å². The molecule has 3 nitrogen and oxygen atoms in total. The van der Waals surface area contributed by atoms with Crippen LogP contribution < -0.4 is 0 Å². The molecule has 2 aliphatic rings. The molecule has 1 saturated carbocycles. The second kappa shape index (κ2) is 6.16. The monoisotopic (exact) mass is 386 g/mol. The number of hydrogen-bond acceptors (Lipinski definition) is 3. The molecule has 1 aliphatic heterocycles. The topological polar surface area (TPSA) is 31.0 Å². The quantitative estimate of drug-likeness (QED) is 0.416. The zero-order valence-electron chi connectivity index (χ0n) is 18.6. The van der Waals surface area contributed by atoms with E-state index in [-0.39, 0.29) is 21.1 Å². The van der Waals surface area contributed by atoms with Gasteiger partial charge < -0.3 is 13.6 Å². The van der Waals surface area contributed by atoms with E-state index >= 15 is 0 Å². The van der Waals surface area contributed by atoms with Crippen molar-refractivity contribution in [2.24, 2.45) is 5.41 Å². The van der Waals surface area contributed by atoms with Crippen molar-refractivity contribution in [1.29, 1.82) is 0 Å². The van der Waals surface area contributed by atoms with E-state index < -0.39 is 16.6 Å². The third-order valence-electron chi connectivity index (χ3n) is 7.47. The van der Waals surface area contributed by atoms with Gasteiger partial charge in [0.1, 0.15) is 0 Å². The molecular formula is C20H42O3Si2. The average molecular weight is 387 g/mol. The van der Waals surface area contributed by atoms with Crippen molar-refractivity contribution in [3.05, 3.63) is 0 Å². The summed E-state index contributed by atoms with van der Waals surface area (Å²) in [6, 6.07) is 0. The Morgan fingerprint density at radius 2 is 1.28 bits per heavy atom. The van der Waals surface area contributed by atoms with Gasteiger partial charge in [-0.2, -0.15) is 0 Å². The highest BCUT2D eigenvalue weighted by atomic mass is 28.4. The van der Waals surface area contributed by atoms with Crippen LogP contribution in [0, 0.1) is 5.41 Å². The Morgan fingerprint density at radius 1 is 0.880 bits per heavy atom. The van der Waals surface area contributed by atoms with Gasteiger partial charge in [0.05, 0.1) is 11.7 Å². The van der Waals surface area contributed by atoms with Crippen molar-refractivity contribution in [1.82, 2.24) is 0 Å². The van der Waals surface area contributed by atoms with Crippen LogP contribution in [0.5, 0.6) is 0 Å². The highest BCUT2D eigenvalue weighted by Crippen LogP contribution is 2.59. The summed E-state index contributed by atoms with van der Waals surface area (Å²) in [6.45, 7) is 27.2. The second-order valence-corrected chi connectivity index (χ2v) is 21.5. The van der Waals surface area contributed by atoms with Crippen molar-refractivity contribution < 1.29 is 13.6 Å². The standard InChI is InChI=1S/C20H42O3Si2/c1-17(2,3)24(8,9)21-14-20(12-16-19(7,13-20)23-16)15-22-25(10,11)18(4,5)6/h16H,12-15H2,1-11H3. The Hall–Kier alpha value is 0.314. The van der Waals surface area contributed by atoms with Gasteiger partial charge in [-0.25, -0.2) is 0 Å². The zero-order chi connectivity index (χ0) is 19.5. The summed E-state index contributed by atoms with van der Waals surface area (Å²) in [5.74, 6) is 0. The molecule has 1 aliphatic carbocycles. The second-order valence-electron chi connectivity index (χ2n) is 11.9. The van der Waals surface area contributed by atoms with Crippen LogP contribution >= 0.6 is 0 Å². The van der Waals surface area contributed by atoms with E-state index in [1.54, 1.807) is 0 Å². The van der Waals surface area contributed by atoms with Gasteiger partial charge in [0.2, 0.25) is 0 Å². The lowest BCUT2D eigenvalue weighted by atomic mass is 9.86. The minimum Gasteiger partial charge on any atom is -0.416 e. The third kappa shape index (κ3) is 4.42. The van der Waals surface area contributed by atoms with E-state index in [9.17, 15) is 0 Å². The molecule has 148 valence electrons. The van der Waals surface area contributed by atoms with Crippen LogP contribution in [0.4, 0.5) is 0 Å². The Balaban J connectivity index is 2.09. The minimum absolute atomic E-state index is 0.0770. The maximum Gasteiger partial charge on any atom is 0.192 e. The van der Waals surface area contributed by atoms with Crippen molar-refractivity contribution in [3.63, 3.8) is 0 Å². The number of rotatable bonds is 6. The number of fused-ring (bicyclic) bond motifs is 1. The summed E-state index contributed by atoms with van der Waals surface area (Å²) in [7, 11) is -3.50. The lowest BCUT2D eigenvalue weighted by Gasteiger charge is -2.43. The average Bonchev–Trinajstić information content (AvgIpc) is 2.91. The van der Waals surface area contributed by atoms with E-state index in [1.807, 2.05) is 0 Å². The van der Waals surface area contributed by atoms with Crippen LogP contribution in [-0.2, 0) is 13.6 Å². The number of epoxide rings is 1. The van der Waals surface area contributed by atoms with E-state index in [0.717, 1.165) is 26.1 Å². The fourth-order valence-electron chi connectivity index (χ4n) is 3.28. The lowest BCUT2D eigenvalue weighted by Crippen LogP contribution is -2.48. The van der Waals surface area contributed by atoms with Crippen LogP contribution in [0.3, 0.4) is 0 Å². The van der Waals surface area contributed by atoms with Gasteiger partial charge in [0.15, 0.2) is 16.6 Å². The first kappa shape index (κ1) is 21.6. The Labute approximate surface area is 158 Å². The van der Waals surface area contributed by atoms with Crippen molar-refractivity contribution in [2.75, 3.05) is 13.2 Å². The van der Waals surface area contributed by atoms with Crippen LogP contribution in [0.15, 0.2) is 0 Å². The summed E-state index contributed by atoms with van der Waals surface area (Å²) >= 11 is 0. The molecule has 0 aromatic rings. The number of hydrogen-bond donors (Lipinski definition) is 0. The number of ether oxygens (including phenoxy) is 1. The predicted molar refractivity (Wildman–Crippen MR) is 111 cm³/mol. The molecule has 5 heteroatoms. The summed E-state index contributed by atoms with van der Waals surface area (Å²) in [5, 5.41) is 0.493. The molecule has 2 rings (SSSR count). The molecule has 2 fully saturated rings. The molecule has 1 heterocycles. The molecule has 1 saturated heterocycles. The SMILES string of the molecule is CC12CC(CO[Si](C)(C)C(C)(C)C)(CO[Si](C)(C)C(C)(C)C)CC1O2. The first-order valence-corrected chi connectivity index (χ1v) is 15.7. The predicted octanol–water partition coefficient (Wildman–Crippen LogP) is 5.97. The first-order valence-electron chi connectivity index (χ1n) is 9.89. The highest BCUT2D eigenvalue weighted by Gasteiger charge is 2.65. The maximum atomic E-state index is 6.66. The molecule has 0 amide bonds. The van der Waals surface area contributed by atoms with Gasteiger partial charge in [-0.05, 0) is 56.0 Å². The molecule has 0 spiro atoms. The van der Waals surface area contributed by atoms with E-state index in [1.165, 1.54) is 0 Å². The molecule has 0 bridgehead atoms. The van der Waals surface area contributed by atoms with Crippen molar-refractivity contribution >= 4 is 16.6 Å². The van der Waals surface area contributed by atoms with Crippen LogP contribution in [0.25, 0.3) is 0 Å². The Morgan fingerprint density at radius 3 is 1.56 bits per heavy atom. The molecule has 2 unspecified atom stereocenters. The Kier molecular flexibility index (Phi) is 5.33. The molecule has 25 heavy (non-hydrogen) atoms. The van der Waals surface area contributed by atoms with Crippen molar-refractivity contribution in [2.45, 2.75) is 109 Å². The van der Waals surface area contributed by atoms with E-state index in [2.05, 4.69) is 74.7 Å². The van der Waals surface area contributed by atoms with Crippen LogP contribution in [0.2, 0.25) is 36.3 Å².